The van der Waals surface area contributed by atoms with Crippen molar-refractivity contribution in [3.8, 4) is 0 Å². The lowest BCUT2D eigenvalue weighted by molar-refractivity contribution is -0.123. The number of aliphatic hydroxyl groups excluding tert-OH is 2. The van der Waals surface area contributed by atoms with Gasteiger partial charge in [-0.1, -0.05) is 43.7 Å². The highest BCUT2D eigenvalue weighted by atomic mass is 16.6. The van der Waals surface area contributed by atoms with E-state index in [0.29, 0.717) is 13.0 Å². The lowest BCUT2D eigenvalue weighted by Crippen LogP contribution is -2.50. The normalized spacial score (nSPS) is 31.7. The molecule has 0 saturated carbocycles. The van der Waals surface area contributed by atoms with Crippen LogP contribution in [-0.4, -0.2) is 70.5 Å². The van der Waals surface area contributed by atoms with E-state index in [9.17, 15) is 19.8 Å². The van der Waals surface area contributed by atoms with Crippen LogP contribution < -0.4 is 10.6 Å². The van der Waals surface area contributed by atoms with Gasteiger partial charge in [0.15, 0.2) is 0 Å². The summed E-state index contributed by atoms with van der Waals surface area (Å²) in [5.41, 5.74) is 0.305. The van der Waals surface area contributed by atoms with Crippen molar-refractivity contribution < 1.29 is 29.3 Å². The number of aliphatic hydroxyl groups is 2. The second-order valence-corrected chi connectivity index (χ2v) is 10.0. The van der Waals surface area contributed by atoms with E-state index < -0.39 is 17.8 Å². The van der Waals surface area contributed by atoms with Crippen LogP contribution in [0.5, 0.6) is 0 Å². The van der Waals surface area contributed by atoms with Crippen molar-refractivity contribution in [2.45, 2.75) is 90.4 Å². The molecular weight excluding hydrogens is 450 g/mol. The summed E-state index contributed by atoms with van der Waals surface area (Å²) in [5, 5.41) is 33.4. The molecule has 0 aromatic carbocycles. The summed E-state index contributed by atoms with van der Waals surface area (Å²) in [6.07, 6.45) is 7.76. The van der Waals surface area contributed by atoms with E-state index in [1.807, 2.05) is 19.9 Å². The van der Waals surface area contributed by atoms with Gasteiger partial charge in [0.2, 0.25) is 11.8 Å². The number of allylic oxidation sites excluding steroid dienone is 2. The Balaban J connectivity index is 1.82. The third-order valence-corrected chi connectivity index (χ3v) is 6.62. The van der Waals surface area contributed by atoms with Crippen LogP contribution in [0, 0.1) is 17.2 Å². The Morgan fingerprint density at radius 2 is 1.86 bits per heavy atom. The van der Waals surface area contributed by atoms with Crippen molar-refractivity contribution in [3.05, 3.63) is 36.0 Å². The minimum absolute atomic E-state index is 0.00415. The van der Waals surface area contributed by atoms with Crippen molar-refractivity contribution in [2.24, 2.45) is 11.8 Å². The topological polar surface area (TPSA) is 144 Å². The van der Waals surface area contributed by atoms with Gasteiger partial charge in [-0.2, -0.15) is 0 Å². The molecule has 1 unspecified atom stereocenters. The van der Waals surface area contributed by atoms with Crippen LogP contribution in [0.2, 0.25) is 0 Å². The summed E-state index contributed by atoms with van der Waals surface area (Å²) in [6.45, 7) is 11.3. The molecule has 9 nitrogen and oxygen atoms in total. The second-order valence-electron chi connectivity index (χ2n) is 10.0. The van der Waals surface area contributed by atoms with Gasteiger partial charge in [-0.05, 0) is 45.6 Å². The monoisotopic (exact) mass is 491 g/mol. The molecule has 0 bridgehead atoms. The number of amidine groups is 1. The smallest absolute Gasteiger partial charge is 0.243 e. The summed E-state index contributed by atoms with van der Waals surface area (Å²) in [7, 11) is 0. The van der Waals surface area contributed by atoms with Crippen LogP contribution >= 0.6 is 0 Å². The molecule has 196 valence electrons. The van der Waals surface area contributed by atoms with Crippen molar-refractivity contribution in [3.63, 3.8) is 0 Å². The first-order valence-corrected chi connectivity index (χ1v) is 12.2. The van der Waals surface area contributed by atoms with E-state index in [2.05, 4.69) is 17.6 Å². The quantitative estimate of drug-likeness (QED) is 0.104. The summed E-state index contributed by atoms with van der Waals surface area (Å²) >= 11 is 0. The average Bonchev–Trinajstić information content (AvgIpc) is 3.54. The number of ether oxygens (including phenoxy) is 2. The predicted molar refractivity (Wildman–Crippen MR) is 134 cm³/mol. The Morgan fingerprint density at radius 3 is 2.46 bits per heavy atom. The molecule has 8 atom stereocenters. The first kappa shape index (κ1) is 28.9. The number of nitrogens with one attached hydrogen (secondary N) is 3. The highest BCUT2D eigenvalue weighted by Gasteiger charge is 2.48. The van der Waals surface area contributed by atoms with Gasteiger partial charge < -0.3 is 30.3 Å². The Labute approximate surface area is 208 Å². The van der Waals surface area contributed by atoms with Crippen molar-refractivity contribution in [2.75, 3.05) is 6.61 Å². The highest BCUT2D eigenvalue weighted by molar-refractivity contribution is 5.98. The Kier molecular flexibility index (Phi) is 10.4. The van der Waals surface area contributed by atoms with E-state index >= 15 is 0 Å². The molecule has 2 saturated heterocycles. The van der Waals surface area contributed by atoms with Gasteiger partial charge in [0.25, 0.3) is 0 Å². The molecule has 35 heavy (non-hydrogen) atoms. The molecule has 5 N–H and O–H groups in total. The minimum Gasteiger partial charge on any atom is -0.387 e. The van der Waals surface area contributed by atoms with Gasteiger partial charge in [0.1, 0.15) is 23.6 Å². The van der Waals surface area contributed by atoms with Crippen LogP contribution in [0.3, 0.4) is 0 Å². The van der Waals surface area contributed by atoms with Crippen LogP contribution in [0.4, 0.5) is 0 Å². The van der Waals surface area contributed by atoms with Gasteiger partial charge in [0.05, 0.1) is 24.9 Å². The Bertz CT molecular complexity index is 863. The number of carbonyl (C=O) groups is 2. The first-order chi connectivity index (χ1) is 16.3. The maximum atomic E-state index is 12.4. The lowest BCUT2D eigenvalue weighted by Gasteiger charge is -2.39. The van der Waals surface area contributed by atoms with Gasteiger partial charge in [-0.3, -0.25) is 15.0 Å². The van der Waals surface area contributed by atoms with E-state index in [1.54, 1.807) is 32.1 Å². The maximum absolute atomic E-state index is 12.4. The third-order valence-electron chi connectivity index (χ3n) is 6.62. The second kappa shape index (κ2) is 12.6. The molecule has 0 spiro atoms. The van der Waals surface area contributed by atoms with Gasteiger partial charge in [0, 0.05) is 12.8 Å². The van der Waals surface area contributed by atoms with E-state index in [4.69, 9.17) is 14.9 Å². The summed E-state index contributed by atoms with van der Waals surface area (Å²) in [4.78, 5) is 23.4. The number of amides is 2. The highest BCUT2D eigenvalue weighted by Crippen LogP contribution is 2.32. The molecule has 2 aliphatic heterocycles. The van der Waals surface area contributed by atoms with Crippen molar-refractivity contribution in [1.29, 1.82) is 5.41 Å². The van der Waals surface area contributed by atoms with Crippen molar-refractivity contribution >= 4 is 17.6 Å². The third kappa shape index (κ3) is 9.00. The summed E-state index contributed by atoms with van der Waals surface area (Å²) in [5.74, 6) is -0.689. The van der Waals surface area contributed by atoms with E-state index in [1.165, 1.54) is 13.0 Å². The van der Waals surface area contributed by atoms with Gasteiger partial charge in [-0.25, -0.2) is 0 Å². The number of rotatable bonds is 10. The molecule has 0 radical (unpaired) electrons. The minimum atomic E-state index is -0.992. The molecule has 0 aromatic rings. The van der Waals surface area contributed by atoms with E-state index in [-0.39, 0.29) is 47.7 Å². The zero-order valence-corrected chi connectivity index (χ0v) is 21.6. The largest absolute Gasteiger partial charge is 0.387 e. The molecule has 0 aliphatic carbocycles. The zero-order valence-electron chi connectivity index (χ0n) is 21.6. The van der Waals surface area contributed by atoms with Crippen LogP contribution in [0.1, 0.15) is 54.4 Å². The van der Waals surface area contributed by atoms with Crippen molar-refractivity contribution in [1.82, 2.24) is 10.6 Å². The SMILES string of the molecule is CC(=O)NC(=N)C(C)/C=C\C(=O)N[C@@H]1C[C@H](C)[C@H](C/C=C(C)/C=C/[C@@H](O)[C@@H](O)[C@@]2(C)CO2)O[C@@H]1C. The first-order valence-electron chi connectivity index (χ1n) is 12.2. The molecule has 2 rings (SSSR count). The Hall–Kier alpha value is -2.33. The molecule has 2 amide bonds. The van der Waals surface area contributed by atoms with Crippen LogP contribution in [0.15, 0.2) is 36.0 Å². The summed E-state index contributed by atoms with van der Waals surface area (Å²) in [6, 6.07) is -0.129. The number of epoxide rings is 1. The lowest BCUT2D eigenvalue weighted by atomic mass is 9.88. The molecule has 9 heteroatoms. The molecular formula is C26H41N3O6. The zero-order chi connectivity index (χ0) is 26.3. The number of hydrogen-bond donors (Lipinski definition) is 5. The maximum Gasteiger partial charge on any atom is 0.243 e. The van der Waals surface area contributed by atoms with Gasteiger partial charge >= 0.3 is 0 Å². The fourth-order valence-corrected chi connectivity index (χ4v) is 3.95. The Morgan fingerprint density at radius 1 is 1.20 bits per heavy atom. The average molecular weight is 492 g/mol. The fraction of sp³-hybridized carbons (Fsp3) is 0.654. The molecule has 2 heterocycles. The number of hydrogen-bond acceptors (Lipinski definition) is 7. The van der Waals surface area contributed by atoms with E-state index in [0.717, 1.165) is 12.0 Å². The predicted octanol–water partition coefficient (Wildman–Crippen LogP) is 1.99. The molecule has 0 aromatic heterocycles. The number of carbonyl (C=O) groups excluding carboxylic acids is 2. The summed E-state index contributed by atoms with van der Waals surface area (Å²) < 4.78 is 11.4. The van der Waals surface area contributed by atoms with Gasteiger partial charge in [-0.15, -0.1) is 0 Å². The van der Waals surface area contributed by atoms with Crippen LogP contribution in [0.25, 0.3) is 0 Å². The molecule has 2 aliphatic rings. The molecule has 2 fully saturated rings. The fourth-order valence-electron chi connectivity index (χ4n) is 3.95. The standard InChI is InChI=1S/C26H41N3O6/c1-15(7-10-21(31)24(33)26(6)14-34-26)8-11-22-17(3)13-20(18(4)35-22)29-23(32)12-9-16(2)25(27)28-19(5)30/h7-10,12,16-18,20-22,24,31,33H,11,13-14H2,1-6H3,(H,29,32)(H2,27,28,30)/b10-7+,12-9-,15-8+/t16?,17-,18+,20+,21+,22-,24+,26+/m0/s1. The van der Waals surface area contributed by atoms with Crippen LogP contribution in [-0.2, 0) is 19.1 Å².